The zero-order valence-corrected chi connectivity index (χ0v) is 22.3. The quantitative estimate of drug-likeness (QED) is 0.332. The van der Waals surface area contributed by atoms with Crippen LogP contribution in [0.3, 0.4) is 0 Å². The van der Waals surface area contributed by atoms with E-state index in [2.05, 4.69) is 15.5 Å². The zero-order valence-electron chi connectivity index (χ0n) is 22.3. The van der Waals surface area contributed by atoms with E-state index in [1.165, 1.54) is 20.9 Å². The Morgan fingerprint density at radius 2 is 1.69 bits per heavy atom. The molecule has 2 aromatic heterocycles. The number of hydrogen-bond donors (Lipinski definition) is 3. The molecule has 0 fully saturated rings. The van der Waals surface area contributed by atoms with Gasteiger partial charge in [0.2, 0.25) is 11.8 Å². The van der Waals surface area contributed by atoms with Crippen molar-refractivity contribution in [3.8, 4) is 0 Å². The van der Waals surface area contributed by atoms with Crippen LogP contribution in [0.4, 0.5) is 4.79 Å². The van der Waals surface area contributed by atoms with Crippen molar-refractivity contribution in [3.63, 3.8) is 0 Å². The van der Waals surface area contributed by atoms with Crippen LogP contribution in [0.5, 0.6) is 0 Å². The van der Waals surface area contributed by atoms with Gasteiger partial charge >= 0.3 is 6.09 Å². The largest absolute Gasteiger partial charge is 0.443 e. The molecule has 0 saturated heterocycles. The summed E-state index contributed by atoms with van der Waals surface area (Å²) >= 11 is 0. The highest BCUT2D eigenvalue weighted by atomic mass is 16.6. The summed E-state index contributed by atoms with van der Waals surface area (Å²) in [5, 5.41) is 11.4. The Kier molecular flexibility index (Phi) is 10.1. The third-order valence-corrected chi connectivity index (χ3v) is 6.19. The van der Waals surface area contributed by atoms with Crippen molar-refractivity contribution in [3.05, 3.63) is 65.6 Å². The second-order valence-corrected chi connectivity index (χ2v) is 10.1. The third-order valence-electron chi connectivity index (χ3n) is 6.19. The average Bonchev–Trinajstić information content (AvgIpc) is 3.30. The van der Waals surface area contributed by atoms with Crippen molar-refractivity contribution in [2.45, 2.75) is 65.5 Å². The maximum Gasteiger partial charge on any atom is 0.410 e. The molecular formula is C27H39N7O5. The number of primary amides is 1. The maximum atomic E-state index is 12.8. The topological polar surface area (TPSA) is 167 Å². The summed E-state index contributed by atoms with van der Waals surface area (Å²) in [4.78, 5) is 38.3. The van der Waals surface area contributed by atoms with Gasteiger partial charge in [-0.05, 0) is 45.4 Å². The molecule has 0 spiro atoms. The first kappa shape index (κ1) is 31.2. The lowest BCUT2D eigenvalue weighted by Crippen LogP contribution is -2.53. The average molecular weight is 542 g/mol. The number of ether oxygens (including phenoxy) is 2. The summed E-state index contributed by atoms with van der Waals surface area (Å²) in [6.45, 7) is 6.49. The SMILES string of the molecule is C.CN(C(=O)OCc1cccc2nnc([C@@H](COCc3ccccc3)NC(=O)C(C)(C)N)n12)C(C)(C)C(N)=O. The van der Waals surface area contributed by atoms with Crippen molar-refractivity contribution in [2.75, 3.05) is 13.7 Å². The van der Waals surface area contributed by atoms with Gasteiger partial charge in [-0.15, -0.1) is 10.2 Å². The van der Waals surface area contributed by atoms with E-state index < -0.39 is 35.0 Å². The molecule has 0 aliphatic carbocycles. The Balaban J connectivity index is 0.00000533. The molecule has 3 rings (SSSR count). The van der Waals surface area contributed by atoms with Crippen LogP contribution in [0.25, 0.3) is 5.65 Å². The number of benzene rings is 1. The number of rotatable bonds is 11. The van der Waals surface area contributed by atoms with Gasteiger partial charge in [0.25, 0.3) is 0 Å². The number of carbonyl (C=O) groups excluding carboxylic acids is 3. The van der Waals surface area contributed by atoms with Crippen LogP contribution < -0.4 is 16.8 Å². The molecule has 0 aliphatic rings. The molecule has 3 amide bonds. The smallest absolute Gasteiger partial charge is 0.410 e. The minimum absolute atomic E-state index is 0. The first-order valence-corrected chi connectivity index (χ1v) is 12.1. The van der Waals surface area contributed by atoms with E-state index in [-0.39, 0.29) is 20.6 Å². The number of aromatic nitrogens is 3. The van der Waals surface area contributed by atoms with E-state index in [0.717, 1.165) is 10.5 Å². The predicted octanol–water partition coefficient (Wildman–Crippen LogP) is 2.31. The molecule has 5 N–H and O–H groups in total. The Bertz CT molecular complexity index is 1280. The summed E-state index contributed by atoms with van der Waals surface area (Å²) in [5.74, 6) is -0.693. The molecule has 212 valence electrons. The number of amides is 3. The maximum absolute atomic E-state index is 12.8. The fraction of sp³-hybridized carbons (Fsp3) is 0.444. The molecule has 39 heavy (non-hydrogen) atoms. The van der Waals surface area contributed by atoms with Crippen LogP contribution in [-0.4, -0.2) is 62.1 Å². The second-order valence-electron chi connectivity index (χ2n) is 10.1. The number of fused-ring (bicyclic) bond motifs is 1. The molecule has 3 aromatic rings. The lowest BCUT2D eigenvalue weighted by Gasteiger charge is -2.31. The van der Waals surface area contributed by atoms with E-state index in [1.54, 1.807) is 36.4 Å². The highest BCUT2D eigenvalue weighted by Crippen LogP contribution is 2.19. The molecule has 2 heterocycles. The Hall–Kier alpha value is -4.03. The molecular weight excluding hydrogens is 502 g/mol. The van der Waals surface area contributed by atoms with Gasteiger partial charge in [0.15, 0.2) is 11.5 Å². The third kappa shape index (κ3) is 7.52. The van der Waals surface area contributed by atoms with Crippen LogP contribution >= 0.6 is 0 Å². The fourth-order valence-corrected chi connectivity index (χ4v) is 3.39. The minimum Gasteiger partial charge on any atom is -0.443 e. The molecule has 1 atom stereocenters. The summed E-state index contributed by atoms with van der Waals surface area (Å²) in [6.07, 6.45) is -0.735. The van der Waals surface area contributed by atoms with E-state index in [9.17, 15) is 14.4 Å². The number of nitrogens with two attached hydrogens (primary N) is 2. The lowest BCUT2D eigenvalue weighted by atomic mass is 10.0. The summed E-state index contributed by atoms with van der Waals surface area (Å²) < 4.78 is 13.1. The Labute approximate surface area is 228 Å². The molecule has 1 aromatic carbocycles. The van der Waals surface area contributed by atoms with Crippen molar-refractivity contribution in [1.29, 1.82) is 0 Å². The number of pyridine rings is 1. The lowest BCUT2D eigenvalue weighted by molar-refractivity contribution is -0.127. The first-order chi connectivity index (χ1) is 17.8. The second kappa shape index (κ2) is 12.7. The monoisotopic (exact) mass is 541 g/mol. The molecule has 0 saturated carbocycles. The molecule has 0 aliphatic heterocycles. The fourth-order valence-electron chi connectivity index (χ4n) is 3.39. The highest BCUT2D eigenvalue weighted by molar-refractivity contribution is 5.87. The summed E-state index contributed by atoms with van der Waals surface area (Å²) in [6, 6.07) is 14.1. The predicted molar refractivity (Wildman–Crippen MR) is 146 cm³/mol. The van der Waals surface area contributed by atoms with Crippen molar-refractivity contribution >= 4 is 23.6 Å². The minimum atomic E-state index is -1.24. The summed E-state index contributed by atoms with van der Waals surface area (Å²) in [7, 11) is 1.43. The number of likely N-dealkylation sites (N-methyl/N-ethyl adjacent to an activating group) is 1. The van der Waals surface area contributed by atoms with Crippen LogP contribution in [0, 0.1) is 0 Å². The molecule has 0 bridgehead atoms. The highest BCUT2D eigenvalue weighted by Gasteiger charge is 2.34. The number of nitrogens with zero attached hydrogens (tertiary/aromatic N) is 4. The van der Waals surface area contributed by atoms with Crippen LogP contribution in [-0.2, 0) is 32.3 Å². The van der Waals surface area contributed by atoms with Crippen molar-refractivity contribution in [2.24, 2.45) is 11.5 Å². The Morgan fingerprint density at radius 1 is 1.03 bits per heavy atom. The van der Waals surface area contributed by atoms with E-state index in [4.69, 9.17) is 20.9 Å². The number of hydrogen-bond acceptors (Lipinski definition) is 8. The van der Waals surface area contributed by atoms with E-state index in [1.807, 2.05) is 30.3 Å². The number of nitrogens with one attached hydrogen (secondary N) is 1. The van der Waals surface area contributed by atoms with Gasteiger partial charge < -0.3 is 26.3 Å². The van der Waals surface area contributed by atoms with Crippen LogP contribution in [0.1, 0.15) is 58.2 Å². The number of carbonyl (C=O) groups is 3. The van der Waals surface area contributed by atoms with E-state index in [0.29, 0.717) is 23.8 Å². The Morgan fingerprint density at radius 3 is 2.31 bits per heavy atom. The van der Waals surface area contributed by atoms with Crippen LogP contribution in [0.2, 0.25) is 0 Å². The first-order valence-electron chi connectivity index (χ1n) is 12.1. The van der Waals surface area contributed by atoms with Crippen molar-refractivity contribution in [1.82, 2.24) is 24.8 Å². The van der Waals surface area contributed by atoms with Gasteiger partial charge in [-0.3, -0.25) is 18.9 Å². The van der Waals surface area contributed by atoms with Gasteiger partial charge in [0.1, 0.15) is 18.2 Å². The standard InChI is InChI=1S/C26H35N7O5.CH4/c1-25(2,28)23(35)29-19(16-37-14-17-10-7-6-8-11-17)21-31-30-20-13-9-12-18(33(20)21)15-38-24(36)32(5)26(3,4)22(27)34;/h6-13,19H,14-16,28H2,1-5H3,(H2,27,34)(H,29,35);1H4/t19-;/m1./s1. The van der Waals surface area contributed by atoms with Gasteiger partial charge in [0, 0.05) is 7.05 Å². The van der Waals surface area contributed by atoms with Gasteiger partial charge in [-0.1, -0.05) is 43.8 Å². The van der Waals surface area contributed by atoms with Gasteiger partial charge in [-0.25, -0.2) is 4.79 Å². The van der Waals surface area contributed by atoms with Crippen molar-refractivity contribution < 1.29 is 23.9 Å². The van der Waals surface area contributed by atoms with Crippen LogP contribution in [0.15, 0.2) is 48.5 Å². The van der Waals surface area contributed by atoms with E-state index >= 15 is 0 Å². The van der Waals surface area contributed by atoms with Gasteiger partial charge in [-0.2, -0.15) is 0 Å². The molecule has 12 heteroatoms. The molecule has 0 radical (unpaired) electrons. The summed E-state index contributed by atoms with van der Waals surface area (Å²) in [5.41, 5.74) is 11.0. The molecule has 12 nitrogen and oxygen atoms in total. The zero-order chi connectivity index (χ0) is 28.1. The normalized spacial score (nSPS) is 12.4. The molecule has 0 unspecified atom stereocenters. The van der Waals surface area contributed by atoms with Gasteiger partial charge in [0.05, 0.1) is 24.4 Å².